The molecule has 0 saturated heterocycles. The standard InChI is InChI=1S/Al.Co.Ni.H2O.W.3H/h;;;1H2;;;;. The zero-order chi connectivity index (χ0) is 0. The van der Waals surface area contributed by atoms with E-state index in [0.29, 0.717) is 0 Å². The van der Waals surface area contributed by atoms with Crippen molar-refractivity contribution < 1.29 is 59.8 Å². The van der Waals surface area contributed by atoms with Crippen LogP contribution < -0.4 is 0 Å². The van der Waals surface area contributed by atoms with Crippen LogP contribution in [-0.4, -0.2) is 22.8 Å². The van der Waals surface area contributed by atoms with Crippen LogP contribution in [0.4, 0.5) is 0 Å². The molecule has 0 heterocycles. The summed E-state index contributed by atoms with van der Waals surface area (Å²) >= 11 is 0. The molecule has 0 fully saturated rings. The van der Waals surface area contributed by atoms with Crippen LogP contribution >= 0.6 is 0 Å². The van der Waals surface area contributed by atoms with E-state index in [0.717, 1.165) is 0 Å². The second kappa shape index (κ2) is 34.9. The molecule has 0 amide bonds. The summed E-state index contributed by atoms with van der Waals surface area (Å²) < 4.78 is 0. The molecule has 0 aliphatic heterocycles. The third-order valence-electron chi connectivity index (χ3n) is 0. The van der Waals surface area contributed by atoms with Crippen LogP contribution in [0.3, 0.4) is 0 Å². The van der Waals surface area contributed by atoms with E-state index in [1.54, 1.807) is 0 Å². The summed E-state index contributed by atoms with van der Waals surface area (Å²) in [5.41, 5.74) is 0. The summed E-state index contributed by atoms with van der Waals surface area (Å²) in [4.78, 5) is 0. The van der Waals surface area contributed by atoms with E-state index in [2.05, 4.69) is 0 Å². The van der Waals surface area contributed by atoms with Gasteiger partial charge in [-0.15, -0.1) is 0 Å². The molecule has 5 heteroatoms. The summed E-state index contributed by atoms with van der Waals surface area (Å²) in [5, 5.41) is 0. The predicted octanol–water partition coefficient (Wildman–Crippen LogP) is -2.02. The molecule has 0 aromatic heterocycles. The van der Waals surface area contributed by atoms with Crippen molar-refractivity contribution in [2.24, 2.45) is 0 Å². The predicted molar refractivity (Wildman–Crippen MR) is 13.6 cm³/mol. The molecule has 39 valence electrons. The van der Waals surface area contributed by atoms with E-state index < -0.39 is 0 Å². The van der Waals surface area contributed by atoms with Gasteiger partial charge in [0.2, 0.25) is 0 Å². The molecule has 1 nitrogen and oxygen atoms in total. The van der Waals surface area contributed by atoms with Gasteiger partial charge in [-0.25, -0.2) is 0 Å². The topological polar surface area (TPSA) is 31.5 Å². The van der Waals surface area contributed by atoms with Crippen LogP contribution in [0.25, 0.3) is 0 Å². The first-order chi connectivity index (χ1) is 0. The molecule has 5 heavy (non-hydrogen) atoms. The van der Waals surface area contributed by atoms with Gasteiger partial charge in [0.25, 0.3) is 0 Å². The Balaban J connectivity index is 0. The molecule has 0 unspecified atom stereocenters. The van der Waals surface area contributed by atoms with Gasteiger partial charge in [-0.3, -0.25) is 0 Å². The molecule has 0 bridgehead atoms. The molecule has 0 atom stereocenters. The second-order valence-electron chi connectivity index (χ2n) is 0. The Hall–Kier alpha value is 2.18. The molecule has 0 saturated carbocycles. The minimum Gasteiger partial charge on any atom is -0.412 e. The van der Waals surface area contributed by atoms with Crippen LogP contribution in [0.15, 0.2) is 0 Å². The third kappa shape index (κ3) is 22.7. The van der Waals surface area contributed by atoms with Crippen molar-refractivity contribution in [2.45, 2.75) is 0 Å². The van der Waals surface area contributed by atoms with E-state index in [-0.39, 0.29) is 77.2 Å². The van der Waals surface area contributed by atoms with Gasteiger partial charge >= 0.3 is 0 Å². The van der Waals surface area contributed by atoms with E-state index >= 15 is 0 Å². The average Bonchev–Trinajstić information content (AvgIpc) is 0. The molecule has 0 aliphatic carbocycles. The molecule has 0 aromatic carbocycles. The van der Waals surface area contributed by atoms with Crippen LogP contribution in [0.5, 0.6) is 0 Å². The SMILES string of the molecule is O.[AlH3].[Co].[Ni].[W]. The van der Waals surface area contributed by atoms with Crippen molar-refractivity contribution in [3.8, 4) is 0 Å². The van der Waals surface area contributed by atoms with E-state index in [1.807, 2.05) is 0 Å². The normalized spacial score (nSPS) is 0. The minimum absolute atomic E-state index is 0. The number of hydrogen-bond acceptors (Lipinski definition) is 0. The van der Waals surface area contributed by atoms with Crippen molar-refractivity contribution in [2.75, 3.05) is 0 Å². The summed E-state index contributed by atoms with van der Waals surface area (Å²) in [6, 6.07) is 0. The van der Waals surface area contributed by atoms with Gasteiger partial charge in [0.1, 0.15) is 0 Å². The third-order valence-corrected chi connectivity index (χ3v) is 0. The fourth-order valence-corrected chi connectivity index (χ4v) is 0. The monoisotopic (exact) mass is 349 g/mol. The van der Waals surface area contributed by atoms with Gasteiger partial charge < -0.3 is 5.48 Å². The van der Waals surface area contributed by atoms with E-state index in [1.165, 1.54) is 0 Å². The number of rotatable bonds is 0. The van der Waals surface area contributed by atoms with Crippen LogP contribution in [0, 0.1) is 0 Å². The molecular formula is H5AlCoNiOW. The van der Waals surface area contributed by atoms with Gasteiger partial charge in [-0.2, -0.15) is 0 Å². The van der Waals surface area contributed by atoms with Gasteiger partial charge in [-0.1, -0.05) is 0 Å². The van der Waals surface area contributed by atoms with E-state index in [9.17, 15) is 0 Å². The number of hydrogen-bond donors (Lipinski definition) is 0. The van der Waals surface area contributed by atoms with Gasteiger partial charge in [0, 0.05) is 54.3 Å². The molecular weight excluding hydrogens is 344 g/mol. The Labute approximate surface area is 76.5 Å². The van der Waals surface area contributed by atoms with Crippen LogP contribution in [-0.2, 0) is 54.3 Å². The zero-order valence-electron chi connectivity index (χ0n) is 1.56. The first-order valence-corrected chi connectivity index (χ1v) is 0. The van der Waals surface area contributed by atoms with Crippen molar-refractivity contribution in [1.82, 2.24) is 0 Å². The smallest absolute Gasteiger partial charge is 0.187 e. The first-order valence-electron chi connectivity index (χ1n) is 0. The quantitative estimate of drug-likeness (QED) is 0.453. The molecule has 2 N–H and O–H groups in total. The Morgan fingerprint density at radius 1 is 1.00 bits per heavy atom. The van der Waals surface area contributed by atoms with E-state index in [4.69, 9.17) is 0 Å². The zero-order valence-corrected chi connectivity index (χ0v) is 6.52. The molecule has 0 spiro atoms. The van der Waals surface area contributed by atoms with Crippen molar-refractivity contribution >= 4 is 17.4 Å². The Morgan fingerprint density at radius 2 is 1.00 bits per heavy atom. The maximum atomic E-state index is 0. The molecule has 0 aromatic rings. The molecule has 0 aliphatic rings. The van der Waals surface area contributed by atoms with Crippen molar-refractivity contribution in [3.63, 3.8) is 0 Å². The molecule has 0 rings (SSSR count). The summed E-state index contributed by atoms with van der Waals surface area (Å²) in [5.74, 6) is 0. The largest absolute Gasteiger partial charge is 0.412 e. The summed E-state index contributed by atoms with van der Waals surface area (Å²) in [6.45, 7) is 0. The van der Waals surface area contributed by atoms with Crippen molar-refractivity contribution in [3.05, 3.63) is 0 Å². The van der Waals surface area contributed by atoms with Gasteiger partial charge in [-0.05, 0) is 0 Å². The van der Waals surface area contributed by atoms with Crippen molar-refractivity contribution in [1.29, 1.82) is 0 Å². The average molecular weight is 349 g/mol. The summed E-state index contributed by atoms with van der Waals surface area (Å²) in [6.07, 6.45) is 0. The maximum absolute atomic E-state index is 0. The van der Waals surface area contributed by atoms with Crippen LogP contribution in [0.1, 0.15) is 0 Å². The maximum Gasteiger partial charge on any atom is 0.187 e. The Bertz CT molecular complexity index is 11.6. The fraction of sp³-hybridized carbons (Fsp3) is 0. The Morgan fingerprint density at radius 3 is 1.00 bits per heavy atom. The van der Waals surface area contributed by atoms with Gasteiger partial charge in [0.15, 0.2) is 17.4 Å². The fourth-order valence-electron chi connectivity index (χ4n) is 0. The molecule has 1 radical (unpaired) electrons. The van der Waals surface area contributed by atoms with Gasteiger partial charge in [0.05, 0.1) is 0 Å². The second-order valence-corrected chi connectivity index (χ2v) is 0. The first kappa shape index (κ1) is 57.7. The van der Waals surface area contributed by atoms with Crippen LogP contribution in [0.2, 0.25) is 0 Å². The minimum atomic E-state index is 0. The summed E-state index contributed by atoms with van der Waals surface area (Å²) in [7, 11) is 0. The Kier molecular flexibility index (Phi) is 402.